The third kappa shape index (κ3) is 4.01. The van der Waals surface area contributed by atoms with E-state index in [1.165, 1.54) is 18.2 Å². The van der Waals surface area contributed by atoms with Gasteiger partial charge in [-0.15, -0.1) is 0 Å². The molecule has 0 aliphatic rings. The molecule has 3 aromatic rings. The molecule has 3 N–H and O–H groups in total. The first kappa shape index (κ1) is 19.1. The van der Waals surface area contributed by atoms with Gasteiger partial charge in [0.25, 0.3) is 11.5 Å². The first-order valence-corrected chi connectivity index (χ1v) is 8.52. The largest absolute Gasteiger partial charge is 0.481 e. The number of aromatic nitrogens is 2. The molecule has 0 bridgehead atoms. The molecule has 0 saturated carbocycles. The molecule has 144 valence electrons. The number of aliphatic carboxylic acids is 1. The van der Waals surface area contributed by atoms with E-state index in [2.05, 4.69) is 10.4 Å². The van der Waals surface area contributed by atoms with Crippen LogP contribution in [0.3, 0.4) is 0 Å². The van der Waals surface area contributed by atoms with Crippen molar-refractivity contribution < 1.29 is 19.1 Å². The Kier molecular flexibility index (Phi) is 5.39. The van der Waals surface area contributed by atoms with Gasteiger partial charge in [-0.05, 0) is 30.2 Å². The molecule has 3 rings (SSSR count). The first-order chi connectivity index (χ1) is 13.4. The molecule has 0 aliphatic heterocycles. The number of carbonyl (C=O) groups is 2. The lowest BCUT2D eigenvalue weighted by atomic mass is 9.98. The average Bonchev–Trinajstić information content (AvgIpc) is 3.03. The topological polar surface area (TPSA) is 104 Å². The van der Waals surface area contributed by atoms with Crippen molar-refractivity contribution in [2.45, 2.75) is 19.4 Å². The Morgan fingerprint density at radius 2 is 1.86 bits per heavy atom. The van der Waals surface area contributed by atoms with E-state index in [0.717, 1.165) is 16.3 Å². The zero-order chi connectivity index (χ0) is 20.3. The van der Waals surface area contributed by atoms with Gasteiger partial charge in [-0.3, -0.25) is 19.5 Å². The van der Waals surface area contributed by atoms with Crippen LogP contribution in [0.5, 0.6) is 0 Å². The standard InChI is InChI=1S/C20H18FN3O4/c1-12-6-2-3-7-13(12)15(11-19(26)27)22-20(28)16-10-18(25)24(23-16)17-9-5-4-8-14(17)21/h2-10,15,23H,11H2,1H3,(H,22,28)(H,26,27). The maximum absolute atomic E-state index is 13.9. The number of hydrogen-bond donors (Lipinski definition) is 3. The van der Waals surface area contributed by atoms with E-state index in [1.807, 2.05) is 19.1 Å². The maximum Gasteiger partial charge on any atom is 0.305 e. The van der Waals surface area contributed by atoms with Crippen LogP contribution in [0.15, 0.2) is 59.4 Å². The molecule has 1 aromatic heterocycles. The van der Waals surface area contributed by atoms with E-state index >= 15 is 0 Å². The molecule has 0 spiro atoms. The summed E-state index contributed by atoms with van der Waals surface area (Å²) in [4.78, 5) is 36.0. The second kappa shape index (κ2) is 7.91. The van der Waals surface area contributed by atoms with Crippen molar-refractivity contribution in [2.24, 2.45) is 0 Å². The average molecular weight is 383 g/mol. The van der Waals surface area contributed by atoms with Crippen LogP contribution in [-0.4, -0.2) is 26.8 Å². The molecule has 1 atom stereocenters. The number of halogens is 1. The summed E-state index contributed by atoms with van der Waals surface area (Å²) in [5.74, 6) is -2.37. The van der Waals surface area contributed by atoms with Crippen LogP contribution in [0.25, 0.3) is 5.69 Å². The fraction of sp³-hybridized carbons (Fsp3) is 0.150. The highest BCUT2D eigenvalue weighted by Gasteiger charge is 2.22. The minimum absolute atomic E-state index is 0.0208. The number of amides is 1. The Balaban J connectivity index is 1.90. The molecule has 1 unspecified atom stereocenters. The number of para-hydroxylation sites is 1. The van der Waals surface area contributed by atoms with Crippen molar-refractivity contribution in [3.8, 4) is 5.69 Å². The lowest BCUT2D eigenvalue weighted by molar-refractivity contribution is -0.137. The van der Waals surface area contributed by atoms with Crippen LogP contribution in [-0.2, 0) is 4.79 Å². The fourth-order valence-electron chi connectivity index (χ4n) is 2.95. The highest BCUT2D eigenvalue weighted by atomic mass is 19.1. The van der Waals surface area contributed by atoms with Crippen LogP contribution in [0.4, 0.5) is 4.39 Å². The van der Waals surface area contributed by atoms with Crippen molar-refractivity contribution in [1.29, 1.82) is 0 Å². The number of carboxylic acids is 1. The fourth-order valence-corrected chi connectivity index (χ4v) is 2.95. The summed E-state index contributed by atoms with van der Waals surface area (Å²) >= 11 is 0. The Morgan fingerprint density at radius 3 is 2.54 bits per heavy atom. The van der Waals surface area contributed by atoms with Crippen molar-refractivity contribution in [1.82, 2.24) is 15.1 Å². The number of aryl methyl sites for hydroxylation is 1. The number of H-pyrrole nitrogens is 1. The lowest BCUT2D eigenvalue weighted by Crippen LogP contribution is -2.31. The predicted octanol–water partition coefficient (Wildman–Crippen LogP) is 2.56. The second-order valence-electron chi connectivity index (χ2n) is 6.28. The summed E-state index contributed by atoms with van der Waals surface area (Å²) in [5, 5.41) is 14.4. The molecule has 0 saturated heterocycles. The molecule has 1 heterocycles. The van der Waals surface area contributed by atoms with Crippen molar-refractivity contribution in [3.63, 3.8) is 0 Å². The monoisotopic (exact) mass is 383 g/mol. The third-order valence-electron chi connectivity index (χ3n) is 4.31. The summed E-state index contributed by atoms with van der Waals surface area (Å²) in [7, 11) is 0. The van der Waals surface area contributed by atoms with Crippen LogP contribution in [0.1, 0.15) is 34.1 Å². The summed E-state index contributed by atoms with van der Waals surface area (Å²) in [5.41, 5.74) is 0.756. The highest BCUT2D eigenvalue weighted by molar-refractivity contribution is 5.92. The van der Waals surface area contributed by atoms with Gasteiger partial charge in [0.05, 0.1) is 12.5 Å². The SMILES string of the molecule is Cc1ccccc1C(CC(=O)O)NC(=O)c1cc(=O)n(-c2ccccc2F)[nH]1. The number of benzene rings is 2. The highest BCUT2D eigenvalue weighted by Crippen LogP contribution is 2.21. The van der Waals surface area contributed by atoms with E-state index in [-0.39, 0.29) is 17.8 Å². The van der Waals surface area contributed by atoms with Gasteiger partial charge < -0.3 is 10.4 Å². The van der Waals surface area contributed by atoms with Gasteiger partial charge in [-0.1, -0.05) is 36.4 Å². The van der Waals surface area contributed by atoms with Crippen LogP contribution in [0, 0.1) is 12.7 Å². The Morgan fingerprint density at radius 1 is 1.18 bits per heavy atom. The summed E-state index contributed by atoms with van der Waals surface area (Å²) in [6.07, 6.45) is -0.325. The molecular weight excluding hydrogens is 365 g/mol. The summed E-state index contributed by atoms with van der Waals surface area (Å²) in [6, 6.07) is 13.0. The van der Waals surface area contributed by atoms with Gasteiger partial charge in [0.1, 0.15) is 17.2 Å². The smallest absolute Gasteiger partial charge is 0.305 e. The number of nitrogens with zero attached hydrogens (tertiary/aromatic N) is 1. The predicted molar refractivity (Wildman–Crippen MR) is 100.0 cm³/mol. The molecule has 0 radical (unpaired) electrons. The molecule has 0 fully saturated rings. The maximum atomic E-state index is 13.9. The second-order valence-corrected chi connectivity index (χ2v) is 6.28. The van der Waals surface area contributed by atoms with E-state index < -0.39 is 29.3 Å². The van der Waals surface area contributed by atoms with Crippen LogP contribution in [0.2, 0.25) is 0 Å². The van der Waals surface area contributed by atoms with Gasteiger partial charge in [0.15, 0.2) is 0 Å². The van der Waals surface area contributed by atoms with E-state index in [1.54, 1.807) is 18.2 Å². The van der Waals surface area contributed by atoms with Gasteiger partial charge in [0.2, 0.25) is 0 Å². The number of carbonyl (C=O) groups excluding carboxylic acids is 1. The molecule has 2 aromatic carbocycles. The van der Waals surface area contributed by atoms with Gasteiger partial charge >= 0.3 is 5.97 Å². The Labute approximate surface area is 159 Å². The van der Waals surface area contributed by atoms with Crippen molar-refractivity contribution in [2.75, 3.05) is 0 Å². The van der Waals surface area contributed by atoms with Gasteiger partial charge in [0, 0.05) is 6.07 Å². The minimum Gasteiger partial charge on any atom is -0.481 e. The van der Waals surface area contributed by atoms with Crippen LogP contribution >= 0.6 is 0 Å². The number of rotatable bonds is 6. The molecule has 1 amide bonds. The third-order valence-corrected chi connectivity index (χ3v) is 4.31. The van der Waals surface area contributed by atoms with E-state index in [0.29, 0.717) is 5.56 Å². The van der Waals surface area contributed by atoms with Crippen LogP contribution < -0.4 is 10.9 Å². The lowest BCUT2D eigenvalue weighted by Gasteiger charge is -2.19. The number of hydrogen-bond acceptors (Lipinski definition) is 3. The molecule has 0 aliphatic carbocycles. The zero-order valence-corrected chi connectivity index (χ0v) is 15.0. The van der Waals surface area contributed by atoms with E-state index in [4.69, 9.17) is 0 Å². The molecule has 7 nitrogen and oxygen atoms in total. The number of nitrogens with one attached hydrogen (secondary N) is 2. The quantitative estimate of drug-likeness (QED) is 0.608. The number of carboxylic acid groups (broad SMARTS) is 1. The number of aromatic amines is 1. The van der Waals surface area contributed by atoms with Gasteiger partial charge in [-0.2, -0.15) is 0 Å². The Bertz CT molecular complexity index is 1090. The summed E-state index contributed by atoms with van der Waals surface area (Å²) < 4.78 is 14.9. The zero-order valence-electron chi connectivity index (χ0n) is 15.0. The van der Waals surface area contributed by atoms with Gasteiger partial charge in [-0.25, -0.2) is 9.07 Å². The van der Waals surface area contributed by atoms with Crippen molar-refractivity contribution in [3.05, 3.63) is 87.6 Å². The summed E-state index contributed by atoms with van der Waals surface area (Å²) in [6.45, 7) is 1.81. The molecule has 28 heavy (non-hydrogen) atoms. The first-order valence-electron chi connectivity index (χ1n) is 8.52. The molecular formula is C20H18FN3O4. The minimum atomic E-state index is -1.08. The van der Waals surface area contributed by atoms with E-state index in [9.17, 15) is 23.9 Å². The Hall–Kier alpha value is -3.68. The normalized spacial score (nSPS) is 11.8. The van der Waals surface area contributed by atoms with Crippen molar-refractivity contribution >= 4 is 11.9 Å². The molecule has 8 heteroatoms.